The third-order valence-corrected chi connectivity index (χ3v) is 3.43. The van der Waals surface area contributed by atoms with Crippen molar-refractivity contribution in [1.82, 2.24) is 4.31 Å². The summed E-state index contributed by atoms with van der Waals surface area (Å²) in [6.07, 6.45) is -0.0939. The van der Waals surface area contributed by atoms with Gasteiger partial charge in [0.25, 0.3) is 0 Å². The first-order chi connectivity index (χ1) is 8.61. The van der Waals surface area contributed by atoms with Gasteiger partial charge in [-0.05, 0) is 31.4 Å². The Morgan fingerprint density at radius 3 is 2.67 bits per heavy atom. The first-order valence-electron chi connectivity index (χ1n) is 5.70. The quantitative estimate of drug-likeness (QED) is 0.436. The molecule has 98 valence electrons. The van der Waals surface area contributed by atoms with Gasteiger partial charge in [-0.3, -0.25) is 4.79 Å². The minimum Gasteiger partial charge on any atom is -0.462 e. The number of nitrogens with zero attached hydrogens (tertiary/aromatic N) is 1. The molecule has 0 fully saturated rings. The van der Waals surface area contributed by atoms with Gasteiger partial charge in [-0.15, -0.1) is 0 Å². The van der Waals surface area contributed by atoms with E-state index in [0.717, 1.165) is 5.75 Å². The molecule has 1 aromatic rings. The molecule has 5 heteroatoms. The second-order valence-corrected chi connectivity index (χ2v) is 5.20. The summed E-state index contributed by atoms with van der Waals surface area (Å²) in [5, 5.41) is 0. The third kappa shape index (κ3) is 6.02. The Hall–Kier alpha value is -1.07. The number of benzene rings is 1. The average Bonchev–Trinajstić information content (AvgIpc) is 2.34. The van der Waals surface area contributed by atoms with E-state index in [1.165, 1.54) is 23.0 Å². The van der Waals surface area contributed by atoms with E-state index >= 15 is 0 Å². The van der Waals surface area contributed by atoms with Crippen molar-refractivity contribution in [2.45, 2.75) is 25.7 Å². The van der Waals surface area contributed by atoms with E-state index in [9.17, 15) is 4.79 Å². The zero-order valence-corrected chi connectivity index (χ0v) is 12.2. The SMILES string of the molecule is CC(C)OC(=O)CN(C=S)SCc1ccccc1. The summed E-state index contributed by atoms with van der Waals surface area (Å²) in [5.41, 5.74) is 2.68. The standard InChI is InChI=1S/C13H17NO2S2/c1-11(2)16-13(15)8-14(10-17)18-9-12-6-4-3-5-7-12/h3-7,10-11H,8-9H2,1-2H3. The summed E-state index contributed by atoms with van der Waals surface area (Å²) in [6, 6.07) is 10.0. The lowest BCUT2D eigenvalue weighted by atomic mass is 10.2. The highest BCUT2D eigenvalue weighted by molar-refractivity contribution is 7.97. The van der Waals surface area contributed by atoms with Crippen molar-refractivity contribution in [2.24, 2.45) is 0 Å². The molecule has 1 rings (SSSR count). The molecule has 0 amide bonds. The van der Waals surface area contributed by atoms with Crippen molar-refractivity contribution in [3.05, 3.63) is 35.9 Å². The molecule has 0 atom stereocenters. The molecule has 18 heavy (non-hydrogen) atoms. The molecule has 3 nitrogen and oxygen atoms in total. The van der Waals surface area contributed by atoms with Crippen molar-refractivity contribution >= 4 is 35.6 Å². The van der Waals surface area contributed by atoms with Gasteiger partial charge in [-0.1, -0.05) is 42.5 Å². The van der Waals surface area contributed by atoms with Gasteiger partial charge >= 0.3 is 5.97 Å². The molecule has 0 bridgehead atoms. The van der Waals surface area contributed by atoms with Crippen LogP contribution in [0.2, 0.25) is 0 Å². The fourth-order valence-corrected chi connectivity index (χ4v) is 2.29. The van der Waals surface area contributed by atoms with Crippen LogP contribution in [0.4, 0.5) is 0 Å². The van der Waals surface area contributed by atoms with Crippen molar-refractivity contribution in [3.8, 4) is 0 Å². The average molecular weight is 283 g/mol. The molecule has 0 heterocycles. The maximum Gasteiger partial charge on any atom is 0.326 e. The molecule has 0 unspecified atom stereocenters. The van der Waals surface area contributed by atoms with E-state index in [1.54, 1.807) is 4.31 Å². The zero-order chi connectivity index (χ0) is 13.4. The van der Waals surface area contributed by atoms with E-state index < -0.39 is 0 Å². The highest BCUT2D eigenvalue weighted by Gasteiger charge is 2.10. The van der Waals surface area contributed by atoms with Crippen LogP contribution in [-0.2, 0) is 15.3 Å². The summed E-state index contributed by atoms with van der Waals surface area (Å²) < 4.78 is 6.79. The molecule has 0 aliphatic rings. The topological polar surface area (TPSA) is 29.5 Å². The van der Waals surface area contributed by atoms with Crippen LogP contribution in [0.3, 0.4) is 0 Å². The van der Waals surface area contributed by atoms with Gasteiger partial charge in [0.1, 0.15) is 6.54 Å². The fourth-order valence-electron chi connectivity index (χ4n) is 1.27. The summed E-state index contributed by atoms with van der Waals surface area (Å²) >= 11 is 6.40. The van der Waals surface area contributed by atoms with E-state index in [4.69, 9.17) is 17.0 Å². The van der Waals surface area contributed by atoms with Crippen LogP contribution in [0.15, 0.2) is 30.3 Å². The number of carbonyl (C=O) groups is 1. The summed E-state index contributed by atoms with van der Waals surface area (Å²) in [6.45, 7) is 3.84. The van der Waals surface area contributed by atoms with Crippen LogP contribution < -0.4 is 0 Å². The highest BCUT2D eigenvalue weighted by atomic mass is 32.2. The van der Waals surface area contributed by atoms with Crippen molar-refractivity contribution in [1.29, 1.82) is 0 Å². The second-order valence-electron chi connectivity index (χ2n) is 3.98. The lowest BCUT2D eigenvalue weighted by molar-refractivity contribution is -0.146. The summed E-state index contributed by atoms with van der Waals surface area (Å²) in [7, 11) is 0. The van der Waals surface area contributed by atoms with Gasteiger partial charge in [-0.2, -0.15) is 0 Å². The molecular weight excluding hydrogens is 266 g/mol. The molecule has 0 radical (unpaired) electrons. The van der Waals surface area contributed by atoms with Gasteiger partial charge in [0, 0.05) is 5.75 Å². The minimum atomic E-state index is -0.258. The van der Waals surface area contributed by atoms with Crippen LogP contribution in [0, 0.1) is 0 Å². The number of ether oxygens (including phenoxy) is 1. The maximum atomic E-state index is 11.5. The number of rotatable bonds is 7. The molecule has 0 aliphatic carbocycles. The molecule has 0 spiro atoms. The third-order valence-electron chi connectivity index (χ3n) is 2.01. The van der Waals surface area contributed by atoms with E-state index in [-0.39, 0.29) is 18.6 Å². The Balaban J connectivity index is 2.38. The Bertz CT molecular complexity index is 382. The molecular formula is C13H17NO2S2. The first-order valence-corrected chi connectivity index (χ1v) is 7.11. The Kier molecular flexibility index (Phi) is 6.75. The molecule has 0 aromatic heterocycles. The van der Waals surface area contributed by atoms with Crippen molar-refractivity contribution in [2.75, 3.05) is 6.54 Å². The van der Waals surface area contributed by atoms with Gasteiger partial charge in [-0.25, -0.2) is 0 Å². The van der Waals surface area contributed by atoms with Gasteiger partial charge < -0.3 is 9.04 Å². The molecule has 0 saturated heterocycles. The highest BCUT2D eigenvalue weighted by Crippen LogP contribution is 2.15. The minimum absolute atomic E-state index is 0.0939. The zero-order valence-electron chi connectivity index (χ0n) is 10.5. The monoisotopic (exact) mass is 283 g/mol. The van der Waals surface area contributed by atoms with E-state index in [2.05, 4.69) is 0 Å². The lowest BCUT2D eigenvalue weighted by Gasteiger charge is -2.17. The Morgan fingerprint density at radius 2 is 2.11 bits per heavy atom. The number of carbonyl (C=O) groups excluding carboxylic acids is 1. The van der Waals surface area contributed by atoms with E-state index in [1.807, 2.05) is 44.2 Å². The normalized spacial score (nSPS) is 10.2. The number of hydrogen-bond donors (Lipinski definition) is 0. The molecule has 0 saturated carbocycles. The van der Waals surface area contributed by atoms with E-state index in [0.29, 0.717) is 0 Å². The summed E-state index contributed by atoms with van der Waals surface area (Å²) in [4.78, 5) is 11.5. The molecule has 0 N–H and O–H groups in total. The molecule has 0 aliphatic heterocycles. The van der Waals surface area contributed by atoms with Gasteiger partial charge in [0.05, 0.1) is 11.6 Å². The molecule has 1 aromatic carbocycles. The van der Waals surface area contributed by atoms with Crippen LogP contribution in [0.5, 0.6) is 0 Å². The van der Waals surface area contributed by atoms with Crippen LogP contribution in [0.1, 0.15) is 19.4 Å². The van der Waals surface area contributed by atoms with Gasteiger partial charge in [0.2, 0.25) is 0 Å². The van der Waals surface area contributed by atoms with Crippen molar-refractivity contribution in [3.63, 3.8) is 0 Å². The van der Waals surface area contributed by atoms with Crippen LogP contribution in [0.25, 0.3) is 0 Å². The van der Waals surface area contributed by atoms with Crippen molar-refractivity contribution < 1.29 is 9.53 Å². The number of hydrogen-bond acceptors (Lipinski definition) is 4. The van der Waals surface area contributed by atoms with Crippen LogP contribution in [-0.4, -0.2) is 28.4 Å². The maximum absolute atomic E-state index is 11.5. The predicted molar refractivity (Wildman–Crippen MR) is 79.3 cm³/mol. The largest absolute Gasteiger partial charge is 0.462 e. The second kappa shape index (κ2) is 8.11. The predicted octanol–water partition coefficient (Wildman–Crippen LogP) is 3.05. The Morgan fingerprint density at radius 1 is 1.44 bits per heavy atom. The number of esters is 1. The van der Waals surface area contributed by atoms with Crippen LogP contribution >= 0.6 is 24.2 Å². The fraction of sp³-hybridized carbons (Fsp3) is 0.385. The smallest absolute Gasteiger partial charge is 0.326 e. The summed E-state index contributed by atoms with van der Waals surface area (Å²) in [5.74, 6) is 0.523. The first kappa shape index (κ1) is 15.0. The Labute approximate surface area is 118 Å². The number of thiocarbonyl (C=S) groups is 1. The van der Waals surface area contributed by atoms with Gasteiger partial charge in [0.15, 0.2) is 0 Å². The lowest BCUT2D eigenvalue weighted by Crippen LogP contribution is -2.25.